The van der Waals surface area contributed by atoms with Crippen LogP contribution in [-0.2, 0) is 12.1 Å². The minimum absolute atomic E-state index is 0.645. The van der Waals surface area contributed by atoms with Gasteiger partial charge < -0.3 is 0 Å². The van der Waals surface area contributed by atoms with E-state index in [1.54, 1.807) is 6.92 Å². The van der Waals surface area contributed by atoms with Crippen molar-refractivity contribution in [3.8, 4) is 0 Å². The standard InChI is InChI=1S/C10H11F/c1-10(11)7-6-8-4-2-3-5-9(8)10/h2-5H,6-7H2,1H3. The molecule has 0 aromatic heterocycles. The van der Waals surface area contributed by atoms with Gasteiger partial charge in [-0.05, 0) is 30.9 Å². The van der Waals surface area contributed by atoms with E-state index in [0.717, 1.165) is 12.0 Å². The van der Waals surface area contributed by atoms with Crippen LogP contribution >= 0.6 is 0 Å². The Morgan fingerprint density at radius 3 is 2.82 bits per heavy atom. The van der Waals surface area contributed by atoms with Gasteiger partial charge in [0.15, 0.2) is 0 Å². The maximum Gasteiger partial charge on any atom is 0.133 e. The van der Waals surface area contributed by atoms with Crippen LogP contribution in [0.3, 0.4) is 0 Å². The van der Waals surface area contributed by atoms with Crippen molar-refractivity contribution in [2.24, 2.45) is 0 Å². The Labute approximate surface area is 66.1 Å². The lowest BCUT2D eigenvalue weighted by molar-refractivity contribution is 0.194. The van der Waals surface area contributed by atoms with Gasteiger partial charge in [0, 0.05) is 0 Å². The highest BCUT2D eigenvalue weighted by atomic mass is 19.1. The first-order chi connectivity index (χ1) is 5.20. The molecule has 0 heterocycles. The van der Waals surface area contributed by atoms with Crippen LogP contribution in [0.15, 0.2) is 24.3 Å². The zero-order chi connectivity index (χ0) is 7.90. The highest BCUT2D eigenvalue weighted by molar-refractivity contribution is 5.36. The summed E-state index contributed by atoms with van der Waals surface area (Å²) in [6.45, 7) is 1.67. The quantitative estimate of drug-likeness (QED) is 0.533. The van der Waals surface area contributed by atoms with Gasteiger partial charge >= 0.3 is 0 Å². The van der Waals surface area contributed by atoms with Crippen molar-refractivity contribution in [3.05, 3.63) is 35.4 Å². The molecule has 0 radical (unpaired) electrons. The van der Waals surface area contributed by atoms with Crippen LogP contribution in [0.2, 0.25) is 0 Å². The van der Waals surface area contributed by atoms with E-state index in [9.17, 15) is 4.39 Å². The summed E-state index contributed by atoms with van der Waals surface area (Å²) in [5.74, 6) is 0. The van der Waals surface area contributed by atoms with Gasteiger partial charge in [0.05, 0.1) is 0 Å². The summed E-state index contributed by atoms with van der Waals surface area (Å²) >= 11 is 0. The molecule has 0 bridgehead atoms. The van der Waals surface area contributed by atoms with Gasteiger partial charge in [0.1, 0.15) is 5.67 Å². The van der Waals surface area contributed by atoms with Crippen LogP contribution in [0, 0.1) is 0 Å². The maximum absolute atomic E-state index is 13.6. The van der Waals surface area contributed by atoms with Gasteiger partial charge in [-0.3, -0.25) is 0 Å². The third kappa shape index (κ3) is 0.953. The van der Waals surface area contributed by atoms with Crippen molar-refractivity contribution >= 4 is 0 Å². The molecule has 58 valence electrons. The van der Waals surface area contributed by atoms with Crippen molar-refractivity contribution in [2.75, 3.05) is 0 Å². The summed E-state index contributed by atoms with van der Waals surface area (Å²) < 4.78 is 13.6. The SMILES string of the molecule is CC1(F)CCc2ccccc21. The van der Waals surface area contributed by atoms with Gasteiger partial charge in [-0.15, -0.1) is 0 Å². The van der Waals surface area contributed by atoms with Crippen molar-refractivity contribution in [3.63, 3.8) is 0 Å². The molecule has 0 saturated carbocycles. The largest absolute Gasteiger partial charge is 0.239 e. The Balaban J connectivity index is 2.56. The summed E-state index contributed by atoms with van der Waals surface area (Å²) in [5, 5.41) is 0. The molecular weight excluding hydrogens is 139 g/mol. The van der Waals surface area contributed by atoms with Crippen LogP contribution in [0.25, 0.3) is 0 Å². The van der Waals surface area contributed by atoms with E-state index in [-0.39, 0.29) is 0 Å². The first kappa shape index (κ1) is 6.84. The van der Waals surface area contributed by atoms with Crippen molar-refractivity contribution in [1.29, 1.82) is 0 Å². The second-order valence-electron chi connectivity index (χ2n) is 3.35. The van der Waals surface area contributed by atoms with Crippen LogP contribution in [-0.4, -0.2) is 0 Å². The fraction of sp³-hybridized carbons (Fsp3) is 0.400. The molecule has 0 fully saturated rings. The lowest BCUT2D eigenvalue weighted by Gasteiger charge is -2.13. The molecule has 1 aliphatic rings. The first-order valence-electron chi connectivity index (χ1n) is 3.97. The molecule has 1 atom stereocenters. The van der Waals surface area contributed by atoms with E-state index < -0.39 is 5.67 Å². The van der Waals surface area contributed by atoms with E-state index in [0.29, 0.717) is 6.42 Å². The molecule has 0 saturated heterocycles. The maximum atomic E-state index is 13.6. The van der Waals surface area contributed by atoms with E-state index in [4.69, 9.17) is 0 Å². The summed E-state index contributed by atoms with van der Waals surface area (Å²) in [6, 6.07) is 7.78. The van der Waals surface area contributed by atoms with Crippen LogP contribution in [0.4, 0.5) is 4.39 Å². The Morgan fingerprint density at radius 2 is 2.09 bits per heavy atom. The molecular formula is C10H11F. The summed E-state index contributed by atoms with van der Waals surface area (Å²) in [5.41, 5.74) is 0.994. The van der Waals surface area contributed by atoms with Crippen molar-refractivity contribution in [2.45, 2.75) is 25.4 Å². The number of rotatable bonds is 0. The average molecular weight is 150 g/mol. The summed E-state index contributed by atoms with van der Waals surface area (Å²) in [7, 11) is 0. The zero-order valence-electron chi connectivity index (χ0n) is 6.60. The van der Waals surface area contributed by atoms with Crippen LogP contribution < -0.4 is 0 Å². The van der Waals surface area contributed by atoms with E-state index >= 15 is 0 Å². The molecule has 0 aliphatic heterocycles. The molecule has 1 aliphatic carbocycles. The Morgan fingerprint density at radius 1 is 1.36 bits per heavy atom. The molecule has 1 aromatic carbocycles. The Kier molecular flexibility index (Phi) is 1.28. The van der Waals surface area contributed by atoms with Gasteiger partial charge in [0.25, 0.3) is 0 Å². The summed E-state index contributed by atoms with van der Waals surface area (Å²) in [6.07, 6.45) is 1.54. The number of halogens is 1. The molecule has 2 rings (SSSR count). The zero-order valence-corrected chi connectivity index (χ0v) is 6.60. The lowest BCUT2D eigenvalue weighted by Crippen LogP contribution is -2.08. The number of aryl methyl sites for hydroxylation is 1. The Hall–Kier alpha value is -0.850. The van der Waals surface area contributed by atoms with Crippen molar-refractivity contribution in [1.82, 2.24) is 0 Å². The monoisotopic (exact) mass is 150 g/mol. The highest BCUT2D eigenvalue weighted by Gasteiger charge is 2.33. The molecule has 1 aromatic rings. The van der Waals surface area contributed by atoms with Crippen LogP contribution in [0.1, 0.15) is 24.5 Å². The number of fused-ring (bicyclic) bond motifs is 1. The minimum atomic E-state index is -1.07. The van der Waals surface area contributed by atoms with Crippen molar-refractivity contribution < 1.29 is 4.39 Å². The smallest absolute Gasteiger partial charge is 0.133 e. The first-order valence-corrected chi connectivity index (χ1v) is 3.97. The van der Waals surface area contributed by atoms with Gasteiger partial charge in [-0.2, -0.15) is 0 Å². The molecule has 1 unspecified atom stereocenters. The number of hydrogen-bond donors (Lipinski definition) is 0. The molecule has 11 heavy (non-hydrogen) atoms. The van der Waals surface area contributed by atoms with Gasteiger partial charge in [0.2, 0.25) is 0 Å². The van der Waals surface area contributed by atoms with E-state index in [2.05, 4.69) is 0 Å². The molecule has 1 heteroatoms. The fourth-order valence-corrected chi connectivity index (χ4v) is 1.75. The fourth-order valence-electron chi connectivity index (χ4n) is 1.75. The molecule has 0 spiro atoms. The van der Waals surface area contributed by atoms with Gasteiger partial charge in [-0.1, -0.05) is 24.3 Å². The van der Waals surface area contributed by atoms with E-state index in [1.807, 2.05) is 24.3 Å². The highest BCUT2D eigenvalue weighted by Crippen LogP contribution is 2.39. The minimum Gasteiger partial charge on any atom is -0.239 e. The second-order valence-corrected chi connectivity index (χ2v) is 3.35. The second kappa shape index (κ2) is 2.07. The summed E-state index contributed by atoms with van der Waals surface area (Å²) in [4.78, 5) is 0. The number of alkyl halides is 1. The third-order valence-electron chi connectivity index (χ3n) is 2.44. The van der Waals surface area contributed by atoms with Crippen LogP contribution in [0.5, 0.6) is 0 Å². The molecule has 0 N–H and O–H groups in total. The van der Waals surface area contributed by atoms with Gasteiger partial charge in [-0.25, -0.2) is 4.39 Å². The lowest BCUT2D eigenvalue weighted by atomic mass is 10.0. The molecule has 0 nitrogen and oxygen atoms in total. The topological polar surface area (TPSA) is 0 Å². The number of hydrogen-bond acceptors (Lipinski definition) is 0. The predicted molar refractivity (Wildman–Crippen MR) is 43.2 cm³/mol. The predicted octanol–water partition coefficient (Wildman–Crippen LogP) is 2.82. The Bertz CT molecular complexity index is 276. The molecule has 0 amide bonds. The third-order valence-corrected chi connectivity index (χ3v) is 2.44. The van der Waals surface area contributed by atoms with E-state index in [1.165, 1.54) is 5.56 Å². The number of benzene rings is 1. The average Bonchev–Trinajstić information content (AvgIpc) is 2.29. The normalized spacial score (nSPS) is 28.5.